The summed E-state index contributed by atoms with van der Waals surface area (Å²) < 4.78 is 86.9. The Morgan fingerprint density at radius 3 is 1.81 bits per heavy atom. The van der Waals surface area contributed by atoms with Gasteiger partial charge in [-0.15, -0.1) is 0 Å². The number of nitrogens with one attached hydrogen (secondary N) is 1. The highest BCUT2D eigenvalue weighted by Crippen LogP contribution is 2.50. The van der Waals surface area contributed by atoms with Gasteiger partial charge in [0.2, 0.25) is 13.6 Å². The topological polar surface area (TPSA) is 257 Å². The number of aromatic nitrogens is 2. The second-order valence-corrected chi connectivity index (χ2v) is 11.0. The number of carbonyl (C=O) groups is 2. The molecule has 1 aromatic rings. The standard InChI is InChI=1S/C25H42FN2O19P/c1-24(34,28-6-5-19(29)27-21(28)31)20(30)25(15-26,38-4)16-45-48(35,46-17-43-22(32)41-13-11-39-9-7-36-2)47-18-44-23(33)42-14-12-40-10-8-37-3/h5-6,20,30,34H,7-18H2,1-4H3,(H,27,29,31)/t20-,24+,25?/m0/s1. The number of hydrogen-bond donors (Lipinski definition) is 3. The van der Waals surface area contributed by atoms with Gasteiger partial charge in [0, 0.05) is 33.6 Å². The Bertz CT molecular complexity index is 1200. The molecule has 21 nitrogen and oxygen atoms in total. The Hall–Kier alpha value is -3.02. The summed E-state index contributed by atoms with van der Waals surface area (Å²) in [6.45, 7) is -3.64. The van der Waals surface area contributed by atoms with Gasteiger partial charge in [-0.1, -0.05) is 0 Å². The number of carbonyl (C=O) groups excluding carboxylic acids is 2. The lowest BCUT2D eigenvalue weighted by molar-refractivity contribution is -0.228. The maximum atomic E-state index is 14.5. The Kier molecular flexibility index (Phi) is 20.2. The number of nitrogens with zero attached hydrogens (tertiary/aromatic N) is 1. The molecule has 0 radical (unpaired) electrons. The summed E-state index contributed by atoms with van der Waals surface area (Å²) in [5.41, 5.74) is -7.26. The van der Waals surface area contributed by atoms with Crippen molar-refractivity contribution < 1.29 is 85.0 Å². The molecule has 0 amide bonds. The predicted molar refractivity (Wildman–Crippen MR) is 155 cm³/mol. The van der Waals surface area contributed by atoms with Gasteiger partial charge < -0.3 is 52.8 Å². The number of alkyl halides is 1. The van der Waals surface area contributed by atoms with Crippen LogP contribution < -0.4 is 11.2 Å². The van der Waals surface area contributed by atoms with Crippen LogP contribution >= 0.6 is 7.82 Å². The van der Waals surface area contributed by atoms with E-state index in [1.807, 2.05) is 4.98 Å². The zero-order valence-corrected chi connectivity index (χ0v) is 27.7. The fourth-order valence-electron chi connectivity index (χ4n) is 3.34. The number of hydrogen-bond acceptors (Lipinski definition) is 19. The van der Waals surface area contributed by atoms with Crippen molar-refractivity contribution in [3.05, 3.63) is 33.1 Å². The molecule has 278 valence electrons. The number of H-pyrrole nitrogens is 1. The summed E-state index contributed by atoms with van der Waals surface area (Å²) in [5.74, 6) is 0. The number of aliphatic hydroxyl groups is 2. The van der Waals surface area contributed by atoms with E-state index >= 15 is 0 Å². The van der Waals surface area contributed by atoms with Gasteiger partial charge >= 0.3 is 25.8 Å². The molecule has 23 heteroatoms. The fraction of sp³-hybridized carbons (Fsp3) is 0.760. The Balaban J connectivity index is 2.97. The van der Waals surface area contributed by atoms with E-state index in [9.17, 15) is 38.3 Å². The van der Waals surface area contributed by atoms with Crippen LogP contribution in [0.25, 0.3) is 0 Å². The molecular weight excluding hydrogens is 682 g/mol. The van der Waals surface area contributed by atoms with Gasteiger partial charge in [-0.05, 0) is 6.92 Å². The number of rotatable bonds is 26. The number of ether oxygens (including phenoxy) is 9. The van der Waals surface area contributed by atoms with Crippen LogP contribution in [0, 0.1) is 0 Å². The molecule has 3 N–H and O–H groups in total. The first-order valence-corrected chi connectivity index (χ1v) is 15.4. The lowest BCUT2D eigenvalue weighted by Crippen LogP contribution is -2.62. The molecule has 0 saturated heterocycles. The SMILES string of the molecule is COCCOCCOC(=O)OCOP(=O)(OCOC(=O)OCCOCCOC)OCC(CF)(OC)[C@@H](O)[C@@](C)(O)n1ccc(=O)[nH]c1=O. The first-order valence-electron chi connectivity index (χ1n) is 13.9. The van der Waals surface area contributed by atoms with Gasteiger partial charge in [0.1, 0.15) is 26.0 Å². The number of aliphatic hydroxyl groups excluding tert-OH is 1. The van der Waals surface area contributed by atoms with Crippen molar-refractivity contribution in [3.8, 4) is 0 Å². The number of phosphoric ester groups is 1. The lowest BCUT2D eigenvalue weighted by atomic mass is 9.90. The second-order valence-electron chi connectivity index (χ2n) is 9.29. The molecule has 48 heavy (non-hydrogen) atoms. The van der Waals surface area contributed by atoms with Crippen LogP contribution in [0.15, 0.2) is 21.9 Å². The molecule has 1 unspecified atom stereocenters. The summed E-state index contributed by atoms with van der Waals surface area (Å²) in [6.07, 6.45) is -4.13. The minimum atomic E-state index is -5.02. The largest absolute Gasteiger partial charge is 0.510 e. The maximum absolute atomic E-state index is 14.5. The highest BCUT2D eigenvalue weighted by Gasteiger charge is 2.51. The molecule has 1 rings (SSSR count). The molecule has 0 saturated carbocycles. The van der Waals surface area contributed by atoms with Gasteiger partial charge in [-0.3, -0.25) is 18.9 Å². The zero-order chi connectivity index (χ0) is 36.1. The molecule has 1 heterocycles. The highest BCUT2D eigenvalue weighted by atomic mass is 31.2. The van der Waals surface area contributed by atoms with E-state index < -0.39 is 75.7 Å². The van der Waals surface area contributed by atoms with Crippen molar-refractivity contribution >= 4 is 20.1 Å². The van der Waals surface area contributed by atoms with E-state index in [2.05, 4.69) is 9.47 Å². The van der Waals surface area contributed by atoms with Gasteiger partial charge in [0.25, 0.3) is 5.56 Å². The fourth-order valence-corrected chi connectivity index (χ4v) is 4.30. The molecule has 0 spiro atoms. The van der Waals surface area contributed by atoms with Crippen LogP contribution in [-0.2, 0) is 66.5 Å². The van der Waals surface area contributed by atoms with Crippen molar-refractivity contribution in [2.45, 2.75) is 24.4 Å². The summed E-state index contributed by atoms with van der Waals surface area (Å²) >= 11 is 0. The number of halogens is 1. The van der Waals surface area contributed by atoms with Crippen LogP contribution in [-0.4, -0.2) is 145 Å². The first kappa shape index (κ1) is 43.0. The summed E-state index contributed by atoms with van der Waals surface area (Å²) in [4.78, 5) is 49.2. The van der Waals surface area contributed by atoms with E-state index in [0.717, 1.165) is 26.3 Å². The van der Waals surface area contributed by atoms with Gasteiger partial charge in [0.05, 0.1) is 46.2 Å². The van der Waals surface area contributed by atoms with E-state index in [4.69, 9.17) is 46.7 Å². The third kappa shape index (κ3) is 15.0. The quantitative estimate of drug-likeness (QED) is 0.0476. The summed E-state index contributed by atoms with van der Waals surface area (Å²) in [6, 6.07) is 0.845. The van der Waals surface area contributed by atoms with Crippen molar-refractivity contribution in [3.63, 3.8) is 0 Å². The monoisotopic (exact) mass is 724 g/mol. The molecule has 0 aliphatic carbocycles. The van der Waals surface area contributed by atoms with E-state index in [0.29, 0.717) is 17.8 Å². The summed E-state index contributed by atoms with van der Waals surface area (Å²) in [5, 5.41) is 22.0. The van der Waals surface area contributed by atoms with Crippen molar-refractivity contribution in [2.75, 3.05) is 101 Å². The normalized spacial score (nSPS) is 14.8. The average Bonchev–Trinajstić information content (AvgIpc) is 3.04. The number of aromatic amines is 1. The minimum Gasteiger partial charge on any atom is -0.432 e. The van der Waals surface area contributed by atoms with Crippen LogP contribution in [0.1, 0.15) is 6.92 Å². The number of phosphoric acid groups is 1. The van der Waals surface area contributed by atoms with Gasteiger partial charge in [0.15, 0.2) is 11.3 Å². The third-order valence-electron chi connectivity index (χ3n) is 5.96. The smallest absolute Gasteiger partial charge is 0.432 e. The minimum absolute atomic E-state index is 0.00360. The number of methoxy groups -OCH3 is 3. The van der Waals surface area contributed by atoms with Crippen molar-refractivity contribution in [1.29, 1.82) is 0 Å². The van der Waals surface area contributed by atoms with Crippen LogP contribution in [0.4, 0.5) is 14.0 Å². The Morgan fingerprint density at radius 1 is 0.875 bits per heavy atom. The van der Waals surface area contributed by atoms with Crippen LogP contribution in [0.5, 0.6) is 0 Å². The molecule has 0 fully saturated rings. The molecule has 0 aliphatic heterocycles. The van der Waals surface area contributed by atoms with Crippen molar-refractivity contribution in [1.82, 2.24) is 9.55 Å². The zero-order valence-electron chi connectivity index (χ0n) is 26.8. The molecule has 0 bridgehead atoms. The van der Waals surface area contributed by atoms with E-state index in [-0.39, 0.29) is 39.6 Å². The Morgan fingerprint density at radius 2 is 1.38 bits per heavy atom. The van der Waals surface area contributed by atoms with Crippen molar-refractivity contribution in [2.24, 2.45) is 0 Å². The van der Waals surface area contributed by atoms with E-state index in [1.54, 1.807) is 0 Å². The predicted octanol–water partition coefficient (Wildman–Crippen LogP) is -0.377. The average molecular weight is 725 g/mol. The van der Waals surface area contributed by atoms with Crippen LogP contribution in [0.2, 0.25) is 0 Å². The Labute approximate surface area is 273 Å². The molecule has 0 aromatic carbocycles. The molecule has 0 aliphatic rings. The lowest BCUT2D eigenvalue weighted by Gasteiger charge is -2.41. The molecule has 3 atom stereocenters. The molecular formula is C25H42FN2O19P. The maximum Gasteiger partial charge on any atom is 0.510 e. The summed E-state index contributed by atoms with van der Waals surface area (Å²) in [7, 11) is -1.19. The van der Waals surface area contributed by atoms with Crippen LogP contribution in [0.3, 0.4) is 0 Å². The van der Waals surface area contributed by atoms with E-state index in [1.165, 1.54) is 14.2 Å². The van der Waals surface area contributed by atoms with Gasteiger partial charge in [-0.25, -0.2) is 32.4 Å². The van der Waals surface area contributed by atoms with Gasteiger partial charge in [-0.2, -0.15) is 0 Å². The molecule has 1 aromatic heterocycles. The second kappa shape index (κ2) is 22.6. The first-order chi connectivity index (χ1) is 22.8. The highest BCUT2D eigenvalue weighted by molar-refractivity contribution is 7.48. The third-order valence-corrected chi connectivity index (χ3v) is 7.25.